The van der Waals surface area contributed by atoms with Gasteiger partial charge in [0.2, 0.25) is 0 Å². The molecule has 0 unspecified atom stereocenters. The van der Waals surface area contributed by atoms with Crippen molar-refractivity contribution in [1.29, 1.82) is 0 Å². The number of likely N-dealkylation sites (tertiary alicyclic amines) is 1. The summed E-state index contributed by atoms with van der Waals surface area (Å²) in [6.07, 6.45) is 3.95. The first-order chi connectivity index (χ1) is 12.1. The molecular weight excluding hydrogens is 377 g/mol. The summed E-state index contributed by atoms with van der Waals surface area (Å²) in [5.74, 6) is -0.329. The highest BCUT2D eigenvalue weighted by molar-refractivity contribution is 6.31. The van der Waals surface area contributed by atoms with Crippen LogP contribution in [0.25, 0.3) is 0 Å². The van der Waals surface area contributed by atoms with Crippen molar-refractivity contribution in [3.05, 3.63) is 28.8 Å². The molecule has 2 aliphatic rings. The number of nitrogens with zero attached hydrogens (tertiary/aromatic N) is 1. The number of carbonyl (C=O) groups excluding carboxylic acids is 2. The van der Waals surface area contributed by atoms with E-state index < -0.39 is 6.10 Å². The van der Waals surface area contributed by atoms with Gasteiger partial charge < -0.3 is 20.7 Å². The van der Waals surface area contributed by atoms with Gasteiger partial charge in [-0.3, -0.25) is 9.59 Å². The number of hydrogen-bond acceptors (Lipinski definition) is 4. The van der Waals surface area contributed by atoms with Gasteiger partial charge in [0.25, 0.3) is 11.8 Å². The van der Waals surface area contributed by atoms with Crippen LogP contribution < -0.4 is 11.1 Å². The first kappa shape index (κ1) is 21.0. The molecule has 8 heteroatoms. The van der Waals surface area contributed by atoms with E-state index >= 15 is 0 Å². The van der Waals surface area contributed by atoms with Crippen LogP contribution in [0.2, 0.25) is 5.02 Å². The van der Waals surface area contributed by atoms with Gasteiger partial charge in [0.05, 0.1) is 17.4 Å². The second-order valence-corrected chi connectivity index (χ2v) is 7.03. The zero-order chi connectivity index (χ0) is 17.8. The van der Waals surface area contributed by atoms with Gasteiger partial charge in [-0.05, 0) is 50.3 Å². The number of piperidine rings is 1. The molecule has 1 aromatic rings. The third kappa shape index (κ3) is 4.88. The Bertz CT molecular complexity index is 651. The van der Waals surface area contributed by atoms with Crippen molar-refractivity contribution in [1.82, 2.24) is 4.90 Å². The fourth-order valence-corrected chi connectivity index (χ4v) is 3.53. The van der Waals surface area contributed by atoms with Crippen molar-refractivity contribution in [3.8, 4) is 0 Å². The van der Waals surface area contributed by atoms with Crippen LogP contribution in [0.1, 0.15) is 42.5 Å². The van der Waals surface area contributed by atoms with Crippen molar-refractivity contribution in [3.63, 3.8) is 0 Å². The standard InChI is InChI=1S/C18H24ClN3O3.ClH/c19-12-4-6-14(18(24)22-8-2-1-3-9-22)15(10-12)21-17(23)16-7-5-13(11-20)25-16;/h4,6,10,13,16H,1-3,5,7-9,11,20H2,(H,21,23);1H/t13-,16+;/m1./s1. The van der Waals surface area contributed by atoms with Crippen LogP contribution in [0.15, 0.2) is 18.2 Å². The molecule has 0 spiro atoms. The average Bonchev–Trinajstić information content (AvgIpc) is 3.11. The van der Waals surface area contributed by atoms with E-state index in [0.717, 1.165) is 38.8 Å². The Balaban J connectivity index is 0.00000243. The molecule has 2 heterocycles. The van der Waals surface area contributed by atoms with Gasteiger partial charge in [0.1, 0.15) is 6.10 Å². The van der Waals surface area contributed by atoms with E-state index in [-0.39, 0.29) is 30.3 Å². The van der Waals surface area contributed by atoms with Crippen LogP contribution in [-0.4, -0.2) is 48.6 Å². The van der Waals surface area contributed by atoms with Gasteiger partial charge in [-0.1, -0.05) is 11.6 Å². The van der Waals surface area contributed by atoms with E-state index in [0.29, 0.717) is 29.2 Å². The third-order valence-corrected chi connectivity index (χ3v) is 5.01. The highest BCUT2D eigenvalue weighted by atomic mass is 35.5. The summed E-state index contributed by atoms with van der Waals surface area (Å²) in [6, 6.07) is 4.96. The summed E-state index contributed by atoms with van der Waals surface area (Å²) < 4.78 is 5.63. The number of anilines is 1. The number of ether oxygens (including phenoxy) is 1. The van der Waals surface area contributed by atoms with E-state index in [1.165, 1.54) is 0 Å². The molecule has 0 radical (unpaired) electrons. The van der Waals surface area contributed by atoms with Gasteiger partial charge in [0, 0.05) is 24.7 Å². The summed E-state index contributed by atoms with van der Waals surface area (Å²) >= 11 is 6.07. The predicted molar refractivity (Wildman–Crippen MR) is 104 cm³/mol. The number of nitrogens with two attached hydrogens (primary N) is 1. The SMILES string of the molecule is Cl.NC[C@H]1CC[C@@H](C(=O)Nc2cc(Cl)ccc2C(=O)N2CCCCC2)O1. The Hall–Kier alpha value is -1.34. The fraction of sp³-hybridized carbons (Fsp3) is 0.556. The zero-order valence-corrected chi connectivity index (χ0v) is 16.2. The Morgan fingerprint density at radius 3 is 2.62 bits per heavy atom. The van der Waals surface area contributed by atoms with Gasteiger partial charge >= 0.3 is 0 Å². The molecule has 2 fully saturated rings. The molecular formula is C18H25Cl2N3O3. The third-order valence-electron chi connectivity index (χ3n) is 4.78. The number of rotatable bonds is 4. The van der Waals surface area contributed by atoms with Crippen molar-refractivity contribution in [2.45, 2.75) is 44.3 Å². The van der Waals surface area contributed by atoms with Crippen LogP contribution >= 0.6 is 24.0 Å². The molecule has 3 rings (SSSR count). The smallest absolute Gasteiger partial charge is 0.255 e. The molecule has 2 atom stereocenters. The number of carbonyl (C=O) groups is 2. The average molecular weight is 402 g/mol. The Morgan fingerprint density at radius 1 is 1.23 bits per heavy atom. The number of nitrogens with one attached hydrogen (secondary N) is 1. The van der Waals surface area contributed by atoms with Crippen LogP contribution in [-0.2, 0) is 9.53 Å². The monoisotopic (exact) mass is 401 g/mol. The molecule has 6 nitrogen and oxygen atoms in total. The lowest BCUT2D eigenvalue weighted by Gasteiger charge is -2.27. The molecule has 0 bridgehead atoms. The molecule has 0 saturated carbocycles. The molecule has 0 aromatic heterocycles. The first-order valence-corrected chi connectivity index (χ1v) is 9.21. The second kappa shape index (κ2) is 9.55. The van der Waals surface area contributed by atoms with Gasteiger partial charge in [-0.2, -0.15) is 0 Å². The van der Waals surface area contributed by atoms with Crippen LogP contribution in [0, 0.1) is 0 Å². The van der Waals surface area contributed by atoms with E-state index in [4.69, 9.17) is 22.1 Å². The highest BCUT2D eigenvalue weighted by Gasteiger charge is 2.31. The van der Waals surface area contributed by atoms with E-state index in [1.807, 2.05) is 4.90 Å². The van der Waals surface area contributed by atoms with E-state index in [2.05, 4.69) is 5.32 Å². The molecule has 2 saturated heterocycles. The zero-order valence-electron chi connectivity index (χ0n) is 14.6. The molecule has 144 valence electrons. The number of benzene rings is 1. The van der Waals surface area contributed by atoms with Gasteiger partial charge in [-0.25, -0.2) is 0 Å². The molecule has 2 aliphatic heterocycles. The second-order valence-electron chi connectivity index (χ2n) is 6.59. The molecule has 1 aromatic carbocycles. The highest BCUT2D eigenvalue weighted by Crippen LogP contribution is 2.26. The van der Waals surface area contributed by atoms with Crippen molar-refractivity contribution in [2.75, 3.05) is 25.0 Å². The van der Waals surface area contributed by atoms with Crippen LogP contribution in [0.5, 0.6) is 0 Å². The maximum atomic E-state index is 12.8. The normalized spacial score (nSPS) is 22.6. The van der Waals surface area contributed by atoms with Gasteiger partial charge in [-0.15, -0.1) is 12.4 Å². The quantitative estimate of drug-likeness (QED) is 0.811. The lowest BCUT2D eigenvalue weighted by Crippen LogP contribution is -2.36. The molecule has 3 N–H and O–H groups in total. The Kier molecular flexibility index (Phi) is 7.70. The molecule has 26 heavy (non-hydrogen) atoms. The fourth-order valence-electron chi connectivity index (χ4n) is 3.36. The number of amides is 2. The summed E-state index contributed by atoms with van der Waals surface area (Å²) in [6.45, 7) is 1.90. The van der Waals surface area contributed by atoms with Crippen LogP contribution in [0.3, 0.4) is 0 Å². The largest absolute Gasteiger partial charge is 0.364 e. The lowest BCUT2D eigenvalue weighted by molar-refractivity contribution is -0.126. The molecule has 0 aliphatic carbocycles. The predicted octanol–water partition coefficient (Wildman–Crippen LogP) is 2.83. The van der Waals surface area contributed by atoms with Crippen molar-refractivity contribution in [2.24, 2.45) is 5.73 Å². The molecule has 2 amide bonds. The number of hydrogen-bond donors (Lipinski definition) is 2. The minimum atomic E-state index is -0.537. The maximum Gasteiger partial charge on any atom is 0.255 e. The van der Waals surface area contributed by atoms with E-state index in [9.17, 15) is 9.59 Å². The Morgan fingerprint density at radius 2 is 1.96 bits per heavy atom. The van der Waals surface area contributed by atoms with Gasteiger partial charge in [0.15, 0.2) is 0 Å². The maximum absolute atomic E-state index is 12.8. The first-order valence-electron chi connectivity index (χ1n) is 8.83. The van der Waals surface area contributed by atoms with E-state index in [1.54, 1.807) is 18.2 Å². The lowest BCUT2D eigenvalue weighted by atomic mass is 10.1. The summed E-state index contributed by atoms with van der Waals surface area (Å²) in [5.41, 5.74) is 6.49. The van der Waals surface area contributed by atoms with Crippen molar-refractivity contribution < 1.29 is 14.3 Å². The summed E-state index contributed by atoms with van der Waals surface area (Å²) in [7, 11) is 0. The minimum Gasteiger partial charge on any atom is -0.364 e. The van der Waals surface area contributed by atoms with Crippen molar-refractivity contribution >= 4 is 41.5 Å². The van der Waals surface area contributed by atoms with Crippen LogP contribution in [0.4, 0.5) is 5.69 Å². The topological polar surface area (TPSA) is 84.7 Å². The minimum absolute atomic E-state index is 0. The Labute approximate surface area is 164 Å². The summed E-state index contributed by atoms with van der Waals surface area (Å²) in [5, 5.41) is 3.29. The summed E-state index contributed by atoms with van der Waals surface area (Å²) in [4.78, 5) is 27.1. The number of halogens is 2.